The van der Waals surface area contributed by atoms with E-state index < -0.39 is 0 Å². The Morgan fingerprint density at radius 1 is 1.16 bits per heavy atom. The largest absolute Gasteiger partial charge is 0.504 e. The van der Waals surface area contributed by atoms with E-state index in [0.29, 0.717) is 10.7 Å². The fourth-order valence-corrected chi connectivity index (χ4v) is 1.58. The van der Waals surface area contributed by atoms with Crippen molar-refractivity contribution in [3.05, 3.63) is 53.6 Å². The summed E-state index contributed by atoms with van der Waals surface area (Å²) in [6.45, 7) is -0.180. The second kappa shape index (κ2) is 6.11. The zero-order chi connectivity index (χ0) is 13.7. The molecule has 0 atom stereocenters. The lowest BCUT2D eigenvalue weighted by Crippen LogP contribution is -2.20. The number of halogens is 1. The second-order valence-corrected chi connectivity index (χ2v) is 4.25. The topological polar surface area (TPSA) is 58.6 Å². The third-order valence-electron chi connectivity index (χ3n) is 2.35. The van der Waals surface area contributed by atoms with Gasteiger partial charge in [-0.05, 0) is 36.4 Å². The van der Waals surface area contributed by atoms with Gasteiger partial charge in [-0.2, -0.15) is 0 Å². The lowest BCUT2D eigenvalue weighted by atomic mass is 10.3. The first-order valence-corrected chi connectivity index (χ1v) is 5.99. The zero-order valence-electron chi connectivity index (χ0n) is 9.97. The fourth-order valence-electron chi connectivity index (χ4n) is 1.45. The summed E-state index contributed by atoms with van der Waals surface area (Å²) < 4.78 is 5.21. The molecule has 0 aromatic heterocycles. The first-order chi connectivity index (χ1) is 9.15. The average Bonchev–Trinajstić information content (AvgIpc) is 2.40. The number of rotatable bonds is 4. The average molecular weight is 278 g/mol. The molecule has 2 N–H and O–H groups in total. The number of ether oxygens (including phenoxy) is 1. The number of hydrogen-bond donors (Lipinski definition) is 2. The summed E-state index contributed by atoms with van der Waals surface area (Å²) in [5.74, 6) is -0.0406. The Kier molecular flexibility index (Phi) is 4.26. The second-order valence-electron chi connectivity index (χ2n) is 3.81. The molecule has 2 aromatic rings. The maximum Gasteiger partial charge on any atom is 0.262 e. The highest BCUT2D eigenvalue weighted by molar-refractivity contribution is 6.30. The fraction of sp³-hybridized carbons (Fsp3) is 0.0714. The summed E-state index contributed by atoms with van der Waals surface area (Å²) in [5.41, 5.74) is 0.635. The molecular formula is C14H12ClNO3. The van der Waals surface area contributed by atoms with E-state index in [-0.39, 0.29) is 24.0 Å². The number of hydrogen-bond acceptors (Lipinski definition) is 3. The highest BCUT2D eigenvalue weighted by Crippen LogP contribution is 2.24. The van der Waals surface area contributed by atoms with Crippen LogP contribution in [0.3, 0.4) is 0 Å². The van der Waals surface area contributed by atoms with Crippen molar-refractivity contribution in [1.82, 2.24) is 0 Å². The Hall–Kier alpha value is -2.20. The van der Waals surface area contributed by atoms with Crippen molar-refractivity contribution >= 4 is 23.2 Å². The van der Waals surface area contributed by atoms with Crippen LogP contribution in [0.15, 0.2) is 48.5 Å². The van der Waals surface area contributed by atoms with E-state index in [2.05, 4.69) is 5.32 Å². The van der Waals surface area contributed by atoms with Gasteiger partial charge >= 0.3 is 0 Å². The molecule has 0 unspecified atom stereocenters. The quantitative estimate of drug-likeness (QED) is 0.903. The van der Waals surface area contributed by atoms with Crippen molar-refractivity contribution in [2.24, 2.45) is 0 Å². The van der Waals surface area contributed by atoms with Crippen molar-refractivity contribution in [2.75, 3.05) is 11.9 Å². The van der Waals surface area contributed by atoms with Gasteiger partial charge in [-0.15, -0.1) is 0 Å². The van der Waals surface area contributed by atoms with E-state index in [1.165, 1.54) is 6.07 Å². The van der Waals surface area contributed by atoms with Gasteiger partial charge in [0, 0.05) is 10.7 Å². The Balaban J connectivity index is 1.88. The molecule has 2 rings (SSSR count). The number of carbonyl (C=O) groups is 1. The minimum absolute atomic E-state index is 0.00166. The van der Waals surface area contributed by atoms with Crippen LogP contribution in [-0.4, -0.2) is 17.6 Å². The number of amides is 1. The van der Waals surface area contributed by atoms with E-state index in [1.54, 1.807) is 42.5 Å². The molecular weight excluding hydrogens is 266 g/mol. The minimum Gasteiger partial charge on any atom is -0.504 e. The first kappa shape index (κ1) is 13.2. The molecule has 0 aliphatic carbocycles. The molecule has 0 fully saturated rings. The van der Waals surface area contributed by atoms with Gasteiger partial charge in [0.15, 0.2) is 18.1 Å². The number of aromatic hydroxyl groups is 1. The van der Waals surface area contributed by atoms with Crippen molar-refractivity contribution in [3.63, 3.8) is 0 Å². The van der Waals surface area contributed by atoms with Crippen LogP contribution in [0.2, 0.25) is 5.02 Å². The van der Waals surface area contributed by atoms with Gasteiger partial charge in [0.05, 0.1) is 0 Å². The van der Waals surface area contributed by atoms with Crippen LogP contribution in [0.5, 0.6) is 11.5 Å². The number of anilines is 1. The number of phenolic OH excluding ortho intramolecular Hbond substituents is 1. The predicted molar refractivity (Wildman–Crippen MR) is 73.7 cm³/mol. The molecule has 0 bridgehead atoms. The smallest absolute Gasteiger partial charge is 0.262 e. The van der Waals surface area contributed by atoms with E-state index in [0.717, 1.165) is 0 Å². The lowest BCUT2D eigenvalue weighted by Gasteiger charge is -2.08. The normalized spacial score (nSPS) is 9.95. The third kappa shape index (κ3) is 3.89. The van der Waals surface area contributed by atoms with Crippen LogP contribution in [0.4, 0.5) is 5.69 Å². The monoisotopic (exact) mass is 277 g/mol. The highest BCUT2D eigenvalue weighted by Gasteiger charge is 2.06. The van der Waals surface area contributed by atoms with Gasteiger partial charge in [0.25, 0.3) is 5.91 Å². The van der Waals surface area contributed by atoms with Gasteiger partial charge < -0.3 is 15.2 Å². The molecule has 19 heavy (non-hydrogen) atoms. The van der Waals surface area contributed by atoms with Gasteiger partial charge in [0.2, 0.25) is 0 Å². The van der Waals surface area contributed by atoms with Crippen molar-refractivity contribution in [2.45, 2.75) is 0 Å². The van der Waals surface area contributed by atoms with Crippen LogP contribution in [-0.2, 0) is 4.79 Å². The van der Waals surface area contributed by atoms with E-state index in [9.17, 15) is 9.90 Å². The number of nitrogens with one attached hydrogen (secondary N) is 1. The maximum atomic E-state index is 11.6. The molecule has 4 nitrogen and oxygen atoms in total. The standard InChI is InChI=1S/C14H12ClNO3/c15-10-5-7-11(8-6-10)16-14(18)9-19-13-4-2-1-3-12(13)17/h1-8,17H,9H2,(H,16,18). The summed E-state index contributed by atoms with van der Waals surface area (Å²) in [5, 5.41) is 12.7. The van der Waals surface area contributed by atoms with E-state index >= 15 is 0 Å². The third-order valence-corrected chi connectivity index (χ3v) is 2.60. The van der Waals surface area contributed by atoms with Crippen LogP contribution < -0.4 is 10.1 Å². The molecule has 0 heterocycles. The number of phenols is 1. The van der Waals surface area contributed by atoms with Crippen LogP contribution in [0.1, 0.15) is 0 Å². The van der Waals surface area contributed by atoms with Crippen LogP contribution >= 0.6 is 11.6 Å². The SMILES string of the molecule is O=C(COc1ccccc1O)Nc1ccc(Cl)cc1. The summed E-state index contributed by atoms with van der Waals surface area (Å²) >= 11 is 5.74. The van der Waals surface area contributed by atoms with Gasteiger partial charge in [0.1, 0.15) is 0 Å². The predicted octanol–water partition coefficient (Wildman–Crippen LogP) is 3.06. The Bertz CT molecular complexity index is 569. The van der Waals surface area contributed by atoms with Crippen LogP contribution in [0.25, 0.3) is 0 Å². The van der Waals surface area contributed by atoms with E-state index in [4.69, 9.17) is 16.3 Å². The lowest BCUT2D eigenvalue weighted by molar-refractivity contribution is -0.118. The summed E-state index contributed by atoms with van der Waals surface area (Å²) in [4.78, 5) is 11.6. The van der Waals surface area contributed by atoms with Crippen molar-refractivity contribution in [1.29, 1.82) is 0 Å². The number of para-hydroxylation sites is 2. The Morgan fingerprint density at radius 2 is 1.84 bits per heavy atom. The molecule has 0 saturated carbocycles. The molecule has 0 saturated heterocycles. The van der Waals surface area contributed by atoms with Crippen molar-refractivity contribution in [3.8, 4) is 11.5 Å². The molecule has 1 amide bonds. The van der Waals surface area contributed by atoms with Gasteiger partial charge in [-0.1, -0.05) is 23.7 Å². The first-order valence-electron chi connectivity index (χ1n) is 5.61. The Morgan fingerprint density at radius 3 is 2.53 bits per heavy atom. The van der Waals surface area contributed by atoms with Crippen molar-refractivity contribution < 1.29 is 14.6 Å². The molecule has 2 aromatic carbocycles. The minimum atomic E-state index is -0.314. The number of carbonyl (C=O) groups excluding carboxylic acids is 1. The van der Waals surface area contributed by atoms with E-state index in [1.807, 2.05) is 0 Å². The highest BCUT2D eigenvalue weighted by atomic mass is 35.5. The summed E-state index contributed by atoms with van der Waals surface area (Å²) in [6.07, 6.45) is 0. The van der Waals surface area contributed by atoms with Crippen LogP contribution in [0, 0.1) is 0 Å². The number of benzene rings is 2. The molecule has 0 radical (unpaired) electrons. The molecule has 0 spiro atoms. The zero-order valence-corrected chi connectivity index (χ0v) is 10.7. The Labute approximate surface area is 115 Å². The molecule has 98 valence electrons. The summed E-state index contributed by atoms with van der Waals surface area (Å²) in [6, 6.07) is 13.2. The van der Waals surface area contributed by atoms with Gasteiger partial charge in [-0.3, -0.25) is 4.79 Å². The molecule has 5 heteroatoms. The maximum absolute atomic E-state index is 11.6. The molecule has 0 aliphatic rings. The summed E-state index contributed by atoms with van der Waals surface area (Å²) in [7, 11) is 0. The molecule has 0 aliphatic heterocycles. The van der Waals surface area contributed by atoms with Gasteiger partial charge in [-0.25, -0.2) is 0 Å².